The maximum Gasteiger partial charge on any atom is 0.257 e. The summed E-state index contributed by atoms with van der Waals surface area (Å²) in [4.78, 5) is 25.5. The molecule has 3 aromatic rings. The van der Waals surface area contributed by atoms with Gasteiger partial charge < -0.3 is 10.6 Å². The zero-order chi connectivity index (χ0) is 23.9. The average molecular weight is 547 g/mol. The monoisotopic (exact) mass is 544 g/mol. The third kappa shape index (κ3) is 5.08. The normalized spacial score (nSPS) is 18.5. The predicted octanol–water partition coefficient (Wildman–Crippen LogP) is 7.56. The Bertz CT molecular complexity index is 1250. The van der Waals surface area contributed by atoms with Crippen LogP contribution < -0.4 is 10.6 Å². The molecule has 10 heteroatoms. The van der Waals surface area contributed by atoms with E-state index in [1.807, 2.05) is 0 Å². The van der Waals surface area contributed by atoms with Crippen molar-refractivity contribution >= 4 is 81.2 Å². The summed E-state index contributed by atoms with van der Waals surface area (Å²) < 4.78 is 11.8. The first-order chi connectivity index (χ1) is 15.6. The second-order valence-corrected chi connectivity index (χ2v) is 10.1. The zero-order valence-electron chi connectivity index (χ0n) is 16.5. The lowest BCUT2D eigenvalue weighted by Crippen LogP contribution is -2.18. The third-order valence-electron chi connectivity index (χ3n) is 5.22. The number of carbonyl (C=O) groups is 2. The molecular weight excluding hydrogens is 533 g/mol. The Hall–Kier alpha value is -2.02. The van der Waals surface area contributed by atoms with Crippen LogP contribution in [0.15, 0.2) is 60.7 Å². The first kappa shape index (κ1) is 24.1. The number of carbonyl (C=O) groups excluding carboxylic acids is 2. The van der Waals surface area contributed by atoms with E-state index in [4.69, 9.17) is 58.0 Å². The van der Waals surface area contributed by atoms with E-state index >= 15 is 0 Å². The maximum absolute atomic E-state index is 13.1. The molecule has 1 aliphatic carbocycles. The van der Waals surface area contributed by atoms with Crippen LogP contribution in [0, 0.1) is 11.7 Å². The largest absolute Gasteiger partial charge is 0.326 e. The number of alkyl halides is 2. The van der Waals surface area contributed by atoms with Gasteiger partial charge in [0.2, 0.25) is 5.91 Å². The van der Waals surface area contributed by atoms with Crippen LogP contribution in [0.2, 0.25) is 15.1 Å². The van der Waals surface area contributed by atoms with Gasteiger partial charge in [-0.25, -0.2) is 4.39 Å². The molecule has 4 nitrogen and oxygen atoms in total. The van der Waals surface area contributed by atoms with Gasteiger partial charge in [-0.3, -0.25) is 9.59 Å². The number of anilines is 2. The standard InChI is InChI=1S/C23H14Cl5FN2O2/c24-16-8-6-14(10-15(16)21(32)30-13-4-2-12(29)3-5-13)31-22(33)20-19(23(20,27)28)11-1-7-17(25)18(26)9-11/h1-10,19-20H,(H,30,32)(H,31,33). The number of benzene rings is 3. The fraction of sp³-hybridized carbons (Fsp3) is 0.130. The van der Waals surface area contributed by atoms with Gasteiger partial charge in [-0.2, -0.15) is 0 Å². The molecule has 0 spiro atoms. The SMILES string of the molecule is O=C(Nc1ccc(F)cc1)c1cc(NC(=O)C2C(c3ccc(Cl)c(Cl)c3)C2(Cl)Cl)ccc1Cl. The highest BCUT2D eigenvalue weighted by Crippen LogP contribution is 2.65. The lowest BCUT2D eigenvalue weighted by molar-refractivity contribution is -0.117. The first-order valence-electron chi connectivity index (χ1n) is 9.58. The van der Waals surface area contributed by atoms with Crippen molar-refractivity contribution in [2.45, 2.75) is 10.3 Å². The summed E-state index contributed by atoms with van der Waals surface area (Å²) in [5, 5.41) is 6.24. The smallest absolute Gasteiger partial charge is 0.257 e. The molecule has 0 bridgehead atoms. The predicted molar refractivity (Wildman–Crippen MR) is 132 cm³/mol. The molecule has 33 heavy (non-hydrogen) atoms. The van der Waals surface area contributed by atoms with Gasteiger partial charge >= 0.3 is 0 Å². The second kappa shape index (κ2) is 9.32. The van der Waals surface area contributed by atoms with Crippen LogP contribution in [0.4, 0.5) is 15.8 Å². The molecule has 0 radical (unpaired) electrons. The van der Waals surface area contributed by atoms with Crippen molar-refractivity contribution in [1.82, 2.24) is 0 Å². The lowest BCUT2D eigenvalue weighted by Gasteiger charge is -2.10. The summed E-state index contributed by atoms with van der Waals surface area (Å²) in [6, 6.07) is 14.7. The van der Waals surface area contributed by atoms with Crippen molar-refractivity contribution < 1.29 is 14.0 Å². The number of hydrogen-bond donors (Lipinski definition) is 2. The summed E-state index contributed by atoms with van der Waals surface area (Å²) in [5.41, 5.74) is 1.53. The Morgan fingerprint density at radius 3 is 2.09 bits per heavy atom. The van der Waals surface area contributed by atoms with E-state index in [2.05, 4.69) is 10.6 Å². The molecule has 0 saturated heterocycles. The average Bonchev–Trinajstić information content (AvgIpc) is 3.35. The van der Waals surface area contributed by atoms with Crippen LogP contribution in [0.25, 0.3) is 0 Å². The molecule has 1 fully saturated rings. The quantitative estimate of drug-likeness (QED) is 0.325. The van der Waals surface area contributed by atoms with Crippen molar-refractivity contribution in [1.29, 1.82) is 0 Å². The van der Waals surface area contributed by atoms with E-state index in [-0.39, 0.29) is 10.6 Å². The van der Waals surface area contributed by atoms with E-state index in [9.17, 15) is 14.0 Å². The summed E-state index contributed by atoms with van der Waals surface area (Å²) in [5.74, 6) is -2.60. The molecule has 0 aliphatic heterocycles. The summed E-state index contributed by atoms with van der Waals surface area (Å²) >= 11 is 31.0. The minimum absolute atomic E-state index is 0.124. The van der Waals surface area contributed by atoms with E-state index in [0.717, 1.165) is 0 Å². The minimum Gasteiger partial charge on any atom is -0.326 e. The fourth-order valence-corrected chi connectivity index (χ4v) is 4.84. The molecule has 4 rings (SSSR count). The number of nitrogens with one attached hydrogen (secondary N) is 2. The Balaban J connectivity index is 1.50. The van der Waals surface area contributed by atoms with Gasteiger partial charge in [0.15, 0.2) is 0 Å². The Morgan fingerprint density at radius 2 is 1.42 bits per heavy atom. The molecule has 2 atom stereocenters. The van der Waals surface area contributed by atoms with Gasteiger partial charge in [0.25, 0.3) is 5.91 Å². The van der Waals surface area contributed by atoms with Gasteiger partial charge in [-0.15, -0.1) is 23.2 Å². The van der Waals surface area contributed by atoms with Crippen LogP contribution in [-0.4, -0.2) is 16.1 Å². The van der Waals surface area contributed by atoms with Gasteiger partial charge in [-0.05, 0) is 60.2 Å². The van der Waals surface area contributed by atoms with E-state index in [1.54, 1.807) is 24.3 Å². The van der Waals surface area contributed by atoms with Crippen LogP contribution in [0.3, 0.4) is 0 Å². The number of hydrogen-bond acceptors (Lipinski definition) is 2. The lowest BCUT2D eigenvalue weighted by atomic mass is 10.1. The van der Waals surface area contributed by atoms with E-state index in [0.29, 0.717) is 27.0 Å². The number of rotatable bonds is 5. The van der Waals surface area contributed by atoms with Gasteiger partial charge in [0.05, 0.1) is 26.5 Å². The molecule has 2 amide bonds. The Kier molecular flexibility index (Phi) is 6.81. The van der Waals surface area contributed by atoms with E-state index < -0.39 is 33.8 Å². The molecule has 3 aromatic carbocycles. The highest BCUT2D eigenvalue weighted by atomic mass is 35.5. The van der Waals surface area contributed by atoms with Crippen molar-refractivity contribution in [3.8, 4) is 0 Å². The van der Waals surface area contributed by atoms with Crippen LogP contribution >= 0.6 is 58.0 Å². The van der Waals surface area contributed by atoms with Crippen LogP contribution in [-0.2, 0) is 4.79 Å². The third-order valence-corrected chi connectivity index (χ3v) is 7.23. The number of halogens is 6. The summed E-state index contributed by atoms with van der Waals surface area (Å²) in [6.07, 6.45) is 0. The Labute approximate surface area is 213 Å². The van der Waals surface area contributed by atoms with Crippen molar-refractivity contribution in [2.75, 3.05) is 10.6 Å². The zero-order valence-corrected chi connectivity index (χ0v) is 20.3. The van der Waals surface area contributed by atoms with E-state index in [1.165, 1.54) is 36.4 Å². The molecule has 170 valence electrons. The minimum atomic E-state index is -1.32. The van der Waals surface area contributed by atoms with Crippen molar-refractivity contribution in [2.24, 2.45) is 5.92 Å². The highest BCUT2D eigenvalue weighted by molar-refractivity contribution is 6.53. The van der Waals surface area contributed by atoms with Gasteiger partial charge in [0, 0.05) is 17.3 Å². The van der Waals surface area contributed by atoms with Crippen molar-refractivity contribution in [3.05, 3.63) is 92.7 Å². The second-order valence-electron chi connectivity index (χ2n) is 7.45. The van der Waals surface area contributed by atoms with Gasteiger partial charge in [0.1, 0.15) is 10.2 Å². The molecule has 1 saturated carbocycles. The molecule has 2 unspecified atom stereocenters. The Morgan fingerprint density at radius 1 is 0.788 bits per heavy atom. The van der Waals surface area contributed by atoms with Crippen LogP contribution in [0.1, 0.15) is 21.8 Å². The topological polar surface area (TPSA) is 58.2 Å². The number of amides is 2. The first-order valence-corrected chi connectivity index (χ1v) is 11.5. The summed E-state index contributed by atoms with van der Waals surface area (Å²) in [6.45, 7) is 0. The molecule has 0 aromatic heterocycles. The molecule has 2 N–H and O–H groups in total. The fourth-order valence-electron chi connectivity index (χ4n) is 3.50. The van der Waals surface area contributed by atoms with Crippen molar-refractivity contribution in [3.63, 3.8) is 0 Å². The maximum atomic E-state index is 13.1. The van der Waals surface area contributed by atoms with Gasteiger partial charge in [-0.1, -0.05) is 40.9 Å². The molecular formula is C23H14Cl5FN2O2. The van der Waals surface area contributed by atoms with Crippen LogP contribution in [0.5, 0.6) is 0 Å². The molecule has 0 heterocycles. The summed E-state index contributed by atoms with van der Waals surface area (Å²) in [7, 11) is 0. The highest BCUT2D eigenvalue weighted by Gasteiger charge is 2.67. The molecule has 1 aliphatic rings.